The normalized spacial score (nSPS) is 28.3. The van der Waals surface area contributed by atoms with Crippen molar-refractivity contribution in [2.24, 2.45) is 11.8 Å². The molecule has 0 N–H and O–H groups in total. The molecule has 0 aromatic carbocycles. The van der Waals surface area contributed by atoms with Gasteiger partial charge in [-0.25, -0.2) is 0 Å². The highest BCUT2D eigenvalue weighted by atomic mass is 16.4. The lowest BCUT2D eigenvalue weighted by atomic mass is 9.86. The van der Waals surface area contributed by atoms with Gasteiger partial charge in [-0.05, 0) is 70.4 Å². The van der Waals surface area contributed by atoms with Crippen LogP contribution in [0.3, 0.4) is 0 Å². The standard InChI is InChI=1S/C21H32N4O2/c26-21(17-7-8-17)25-11-3-1-2-4-18(25)15-9-12-24(13-10-15)14-19-22-23-20(27-19)16-5-6-16/h15-18H,1-14H2/t18-/m1/s1. The molecule has 5 rings (SSSR count). The maximum atomic E-state index is 12.8. The molecule has 2 saturated heterocycles. The summed E-state index contributed by atoms with van der Waals surface area (Å²) in [6.45, 7) is 3.93. The van der Waals surface area contributed by atoms with Gasteiger partial charge in [0.15, 0.2) is 0 Å². The van der Waals surface area contributed by atoms with E-state index in [0.29, 0.717) is 29.7 Å². The van der Waals surface area contributed by atoms with Crippen LogP contribution in [0.4, 0.5) is 0 Å². The number of hydrogen-bond acceptors (Lipinski definition) is 5. The Morgan fingerprint density at radius 3 is 2.48 bits per heavy atom. The molecule has 6 heteroatoms. The minimum Gasteiger partial charge on any atom is -0.424 e. The highest BCUT2D eigenvalue weighted by molar-refractivity contribution is 5.81. The molecular weight excluding hydrogens is 340 g/mol. The summed E-state index contributed by atoms with van der Waals surface area (Å²) in [6, 6.07) is 0.479. The van der Waals surface area contributed by atoms with E-state index >= 15 is 0 Å². The van der Waals surface area contributed by atoms with Crippen LogP contribution in [0.25, 0.3) is 0 Å². The Morgan fingerprint density at radius 1 is 0.926 bits per heavy atom. The molecule has 3 heterocycles. The highest BCUT2D eigenvalue weighted by Gasteiger charge is 2.40. The summed E-state index contributed by atoms with van der Waals surface area (Å²) in [5.74, 6) is 3.61. The van der Waals surface area contributed by atoms with Crippen molar-refractivity contribution in [3.8, 4) is 0 Å². The number of rotatable bonds is 5. The third-order valence-electron chi connectivity index (χ3n) is 6.95. The molecule has 4 aliphatic rings. The molecule has 2 saturated carbocycles. The summed E-state index contributed by atoms with van der Waals surface area (Å²) in [5.41, 5.74) is 0. The smallest absolute Gasteiger partial charge is 0.230 e. The zero-order valence-electron chi connectivity index (χ0n) is 16.3. The van der Waals surface area contributed by atoms with E-state index in [1.54, 1.807) is 0 Å². The van der Waals surface area contributed by atoms with Gasteiger partial charge in [-0.15, -0.1) is 10.2 Å². The summed E-state index contributed by atoms with van der Waals surface area (Å²) in [6.07, 6.45) is 12.0. The molecule has 0 bridgehead atoms. The number of carbonyl (C=O) groups is 1. The molecule has 2 aliphatic carbocycles. The Balaban J connectivity index is 1.17. The number of amides is 1. The number of carbonyl (C=O) groups excluding carboxylic acids is 1. The second-order valence-electron chi connectivity index (χ2n) is 9.14. The van der Waals surface area contributed by atoms with Crippen molar-refractivity contribution in [3.63, 3.8) is 0 Å². The fourth-order valence-electron chi connectivity index (χ4n) is 4.98. The lowest BCUT2D eigenvalue weighted by Gasteiger charge is -2.40. The summed E-state index contributed by atoms with van der Waals surface area (Å²) in [4.78, 5) is 17.6. The number of piperidine rings is 1. The van der Waals surface area contributed by atoms with Crippen LogP contribution in [0.15, 0.2) is 4.42 Å². The average molecular weight is 373 g/mol. The van der Waals surface area contributed by atoms with E-state index in [1.165, 1.54) is 51.4 Å². The van der Waals surface area contributed by atoms with E-state index < -0.39 is 0 Å². The lowest BCUT2D eigenvalue weighted by molar-refractivity contribution is -0.136. The Kier molecular flexibility index (Phi) is 4.92. The largest absolute Gasteiger partial charge is 0.424 e. The van der Waals surface area contributed by atoms with Crippen molar-refractivity contribution in [1.82, 2.24) is 20.0 Å². The third-order valence-corrected chi connectivity index (χ3v) is 6.95. The molecule has 4 fully saturated rings. The van der Waals surface area contributed by atoms with Gasteiger partial charge in [0.2, 0.25) is 17.7 Å². The molecule has 0 spiro atoms. The Labute approximate surface area is 161 Å². The Bertz CT molecular complexity index is 659. The maximum absolute atomic E-state index is 12.8. The topological polar surface area (TPSA) is 62.5 Å². The second kappa shape index (κ2) is 7.53. The molecule has 27 heavy (non-hydrogen) atoms. The fraction of sp³-hybridized carbons (Fsp3) is 0.857. The SMILES string of the molecule is O=C(C1CC1)N1CCCCC[C@@H]1C1CCN(Cc2nnc(C3CC3)o2)CC1. The van der Waals surface area contributed by atoms with Gasteiger partial charge in [-0.1, -0.05) is 12.8 Å². The van der Waals surface area contributed by atoms with E-state index in [2.05, 4.69) is 20.0 Å². The van der Waals surface area contributed by atoms with E-state index in [0.717, 1.165) is 50.8 Å². The molecule has 2 aliphatic heterocycles. The van der Waals surface area contributed by atoms with Crippen LogP contribution in [-0.4, -0.2) is 51.6 Å². The molecule has 1 atom stereocenters. The van der Waals surface area contributed by atoms with Crippen LogP contribution >= 0.6 is 0 Å². The first-order valence-electron chi connectivity index (χ1n) is 11.1. The summed E-state index contributed by atoms with van der Waals surface area (Å²) < 4.78 is 5.84. The van der Waals surface area contributed by atoms with E-state index in [9.17, 15) is 4.79 Å². The monoisotopic (exact) mass is 372 g/mol. The fourth-order valence-corrected chi connectivity index (χ4v) is 4.98. The number of nitrogens with zero attached hydrogens (tertiary/aromatic N) is 4. The highest BCUT2D eigenvalue weighted by Crippen LogP contribution is 2.39. The van der Waals surface area contributed by atoms with Crippen molar-refractivity contribution in [3.05, 3.63) is 11.8 Å². The van der Waals surface area contributed by atoms with Crippen LogP contribution in [0.1, 0.15) is 81.9 Å². The molecule has 148 valence electrons. The number of aromatic nitrogens is 2. The van der Waals surface area contributed by atoms with Gasteiger partial charge in [0.25, 0.3) is 0 Å². The van der Waals surface area contributed by atoms with Crippen molar-refractivity contribution in [2.75, 3.05) is 19.6 Å². The number of likely N-dealkylation sites (tertiary alicyclic amines) is 2. The molecule has 1 aromatic rings. The van der Waals surface area contributed by atoms with Crippen LogP contribution in [0, 0.1) is 11.8 Å². The van der Waals surface area contributed by atoms with Crippen LogP contribution < -0.4 is 0 Å². The maximum Gasteiger partial charge on any atom is 0.230 e. The van der Waals surface area contributed by atoms with Crippen molar-refractivity contribution < 1.29 is 9.21 Å². The van der Waals surface area contributed by atoms with Gasteiger partial charge in [0.05, 0.1) is 6.54 Å². The van der Waals surface area contributed by atoms with Gasteiger partial charge < -0.3 is 9.32 Å². The van der Waals surface area contributed by atoms with Gasteiger partial charge in [0.1, 0.15) is 0 Å². The van der Waals surface area contributed by atoms with Crippen molar-refractivity contribution in [1.29, 1.82) is 0 Å². The van der Waals surface area contributed by atoms with Gasteiger partial charge >= 0.3 is 0 Å². The van der Waals surface area contributed by atoms with Gasteiger partial charge in [0, 0.05) is 24.4 Å². The Morgan fingerprint density at radius 2 is 1.74 bits per heavy atom. The molecule has 1 amide bonds. The van der Waals surface area contributed by atoms with Crippen molar-refractivity contribution in [2.45, 2.75) is 82.7 Å². The third kappa shape index (κ3) is 4.05. The van der Waals surface area contributed by atoms with E-state index in [-0.39, 0.29) is 0 Å². The average Bonchev–Trinajstić information content (AvgIpc) is 3.59. The predicted molar refractivity (Wildman–Crippen MR) is 101 cm³/mol. The summed E-state index contributed by atoms with van der Waals surface area (Å²) in [5, 5.41) is 8.45. The van der Waals surface area contributed by atoms with Gasteiger partial charge in [-0.2, -0.15) is 0 Å². The predicted octanol–water partition coefficient (Wildman–Crippen LogP) is 3.34. The van der Waals surface area contributed by atoms with Crippen LogP contribution in [0.2, 0.25) is 0 Å². The molecular formula is C21H32N4O2. The number of hydrogen-bond donors (Lipinski definition) is 0. The summed E-state index contributed by atoms with van der Waals surface area (Å²) >= 11 is 0. The zero-order valence-corrected chi connectivity index (χ0v) is 16.3. The van der Waals surface area contributed by atoms with Crippen LogP contribution in [-0.2, 0) is 11.3 Å². The minimum absolute atomic E-state index is 0.351. The second-order valence-corrected chi connectivity index (χ2v) is 9.14. The van der Waals surface area contributed by atoms with E-state index in [1.807, 2.05) is 0 Å². The van der Waals surface area contributed by atoms with Crippen molar-refractivity contribution >= 4 is 5.91 Å². The lowest BCUT2D eigenvalue weighted by Crippen LogP contribution is -2.48. The summed E-state index contributed by atoms with van der Waals surface area (Å²) in [7, 11) is 0. The first-order valence-corrected chi connectivity index (χ1v) is 11.1. The Hall–Kier alpha value is -1.43. The molecule has 0 unspecified atom stereocenters. The molecule has 0 radical (unpaired) electrons. The zero-order chi connectivity index (χ0) is 18.2. The van der Waals surface area contributed by atoms with E-state index in [4.69, 9.17) is 4.42 Å². The molecule has 1 aromatic heterocycles. The first-order chi connectivity index (χ1) is 13.3. The minimum atomic E-state index is 0.351. The van der Waals surface area contributed by atoms with Gasteiger partial charge in [-0.3, -0.25) is 9.69 Å². The first kappa shape index (κ1) is 17.7. The quantitative estimate of drug-likeness (QED) is 0.793. The van der Waals surface area contributed by atoms with Crippen LogP contribution in [0.5, 0.6) is 0 Å². The molecule has 6 nitrogen and oxygen atoms in total.